The van der Waals surface area contributed by atoms with Gasteiger partial charge in [0.15, 0.2) is 0 Å². The Morgan fingerprint density at radius 2 is 2.11 bits per heavy atom. The number of nitrogens with two attached hydrogens (primary N) is 1. The Bertz CT molecular complexity index is 440. The first kappa shape index (κ1) is 16.3. The number of rotatable bonds is 3. The van der Waals surface area contributed by atoms with Gasteiger partial charge in [-0.3, -0.25) is 0 Å². The summed E-state index contributed by atoms with van der Waals surface area (Å²) in [6.45, 7) is 5.67. The van der Waals surface area contributed by atoms with Crippen LogP contribution in [0.2, 0.25) is 5.02 Å². The predicted molar refractivity (Wildman–Crippen MR) is 80.3 cm³/mol. The van der Waals surface area contributed by atoms with Gasteiger partial charge in [-0.05, 0) is 44.5 Å². The zero-order valence-electron chi connectivity index (χ0n) is 11.2. The van der Waals surface area contributed by atoms with E-state index in [9.17, 15) is 4.79 Å². The lowest BCUT2D eigenvalue weighted by Crippen LogP contribution is -2.37. The molecule has 0 saturated carbocycles. The number of halogens is 2. The van der Waals surface area contributed by atoms with Crippen molar-refractivity contribution in [1.82, 2.24) is 5.32 Å². The molecule has 0 aliphatic carbocycles. The molecule has 1 amide bonds. The SMILES string of the molecule is CC(C)(C)OC(=O)NC(CN)c1cc(Cl)cc(Br)c1. The number of hydrogen-bond acceptors (Lipinski definition) is 3. The highest BCUT2D eigenvalue weighted by atomic mass is 79.9. The van der Waals surface area contributed by atoms with Crippen molar-refractivity contribution < 1.29 is 9.53 Å². The van der Waals surface area contributed by atoms with Crippen LogP contribution in [0.4, 0.5) is 4.79 Å². The molecule has 6 heteroatoms. The minimum atomic E-state index is -0.544. The Balaban J connectivity index is 2.81. The first-order valence-electron chi connectivity index (χ1n) is 5.87. The van der Waals surface area contributed by atoms with Crippen LogP contribution in [0.1, 0.15) is 32.4 Å². The van der Waals surface area contributed by atoms with Crippen LogP contribution in [0.5, 0.6) is 0 Å². The molecule has 0 saturated heterocycles. The van der Waals surface area contributed by atoms with Crippen LogP contribution >= 0.6 is 27.5 Å². The van der Waals surface area contributed by atoms with Gasteiger partial charge in [-0.15, -0.1) is 0 Å². The van der Waals surface area contributed by atoms with E-state index in [1.54, 1.807) is 32.9 Å². The zero-order valence-corrected chi connectivity index (χ0v) is 13.5. The largest absolute Gasteiger partial charge is 0.444 e. The summed E-state index contributed by atoms with van der Waals surface area (Å²) in [7, 11) is 0. The average molecular weight is 350 g/mol. The lowest BCUT2D eigenvalue weighted by Gasteiger charge is -2.23. The van der Waals surface area contributed by atoms with Gasteiger partial charge < -0.3 is 15.8 Å². The van der Waals surface area contributed by atoms with Gasteiger partial charge in [0.1, 0.15) is 5.60 Å². The number of carbonyl (C=O) groups is 1. The molecule has 1 unspecified atom stereocenters. The average Bonchev–Trinajstić information content (AvgIpc) is 2.21. The number of amides is 1. The molecular weight excluding hydrogens is 332 g/mol. The second kappa shape index (κ2) is 6.59. The summed E-state index contributed by atoms with van der Waals surface area (Å²) in [5.41, 5.74) is 5.97. The van der Waals surface area contributed by atoms with Crippen molar-refractivity contribution in [1.29, 1.82) is 0 Å². The van der Waals surface area contributed by atoms with E-state index >= 15 is 0 Å². The van der Waals surface area contributed by atoms with E-state index < -0.39 is 11.7 Å². The highest BCUT2D eigenvalue weighted by molar-refractivity contribution is 9.10. The standard InChI is InChI=1S/C13H18BrClN2O2/c1-13(2,3)19-12(18)17-11(7-16)8-4-9(14)6-10(15)5-8/h4-6,11H,7,16H2,1-3H3,(H,17,18). The van der Waals surface area contributed by atoms with Gasteiger partial charge >= 0.3 is 6.09 Å². The molecule has 0 aromatic heterocycles. The van der Waals surface area contributed by atoms with Crippen LogP contribution in [0.3, 0.4) is 0 Å². The van der Waals surface area contributed by atoms with E-state index in [1.165, 1.54) is 0 Å². The van der Waals surface area contributed by atoms with Gasteiger partial charge in [0.25, 0.3) is 0 Å². The summed E-state index contributed by atoms with van der Waals surface area (Å²) < 4.78 is 6.03. The fraction of sp³-hybridized carbons (Fsp3) is 0.462. The van der Waals surface area contributed by atoms with Crippen LogP contribution in [-0.2, 0) is 4.74 Å². The van der Waals surface area contributed by atoms with E-state index in [4.69, 9.17) is 22.1 Å². The fourth-order valence-electron chi connectivity index (χ4n) is 1.50. The minimum Gasteiger partial charge on any atom is -0.444 e. The second-order valence-corrected chi connectivity index (χ2v) is 6.49. The summed E-state index contributed by atoms with van der Waals surface area (Å²) in [5, 5.41) is 3.31. The Kier molecular flexibility index (Phi) is 5.64. The van der Waals surface area contributed by atoms with Gasteiger partial charge in [0.2, 0.25) is 0 Å². The quantitative estimate of drug-likeness (QED) is 0.876. The predicted octanol–water partition coefficient (Wildman–Crippen LogP) is 3.63. The molecule has 0 spiro atoms. The molecule has 0 heterocycles. The Labute approximate surface area is 126 Å². The van der Waals surface area contributed by atoms with Crippen LogP contribution in [0, 0.1) is 0 Å². The minimum absolute atomic E-state index is 0.256. The number of ether oxygens (including phenoxy) is 1. The molecule has 1 aromatic rings. The normalized spacial score (nSPS) is 12.9. The van der Waals surface area contributed by atoms with Crippen molar-refractivity contribution >= 4 is 33.6 Å². The Morgan fingerprint density at radius 1 is 1.47 bits per heavy atom. The summed E-state index contributed by atoms with van der Waals surface area (Å²) in [6, 6.07) is 5.05. The summed E-state index contributed by atoms with van der Waals surface area (Å²) >= 11 is 9.34. The van der Waals surface area contributed by atoms with Crippen molar-refractivity contribution in [3.8, 4) is 0 Å². The summed E-state index contributed by atoms with van der Waals surface area (Å²) in [6.07, 6.45) is -0.501. The lowest BCUT2D eigenvalue weighted by atomic mass is 10.1. The lowest BCUT2D eigenvalue weighted by molar-refractivity contribution is 0.0505. The molecule has 1 atom stereocenters. The van der Waals surface area contributed by atoms with Crippen molar-refractivity contribution in [2.75, 3.05) is 6.54 Å². The van der Waals surface area contributed by atoms with E-state index in [2.05, 4.69) is 21.2 Å². The molecule has 19 heavy (non-hydrogen) atoms. The molecule has 106 valence electrons. The van der Waals surface area contributed by atoms with E-state index in [0.29, 0.717) is 5.02 Å². The molecule has 3 N–H and O–H groups in total. The van der Waals surface area contributed by atoms with Gasteiger partial charge in [-0.2, -0.15) is 0 Å². The maximum absolute atomic E-state index is 11.7. The first-order valence-corrected chi connectivity index (χ1v) is 7.04. The van der Waals surface area contributed by atoms with Gasteiger partial charge in [0.05, 0.1) is 6.04 Å². The molecular formula is C13H18BrClN2O2. The molecule has 0 fully saturated rings. The third-order valence-electron chi connectivity index (χ3n) is 2.21. The monoisotopic (exact) mass is 348 g/mol. The molecule has 0 radical (unpaired) electrons. The third-order valence-corrected chi connectivity index (χ3v) is 2.89. The molecule has 0 aliphatic rings. The van der Waals surface area contributed by atoms with Crippen molar-refractivity contribution in [2.45, 2.75) is 32.4 Å². The maximum Gasteiger partial charge on any atom is 0.408 e. The van der Waals surface area contributed by atoms with Crippen molar-refractivity contribution in [3.05, 3.63) is 33.3 Å². The Hall–Kier alpha value is -0.780. The zero-order chi connectivity index (χ0) is 14.6. The molecule has 0 aliphatic heterocycles. The van der Waals surface area contributed by atoms with E-state index in [1.807, 2.05) is 6.07 Å². The van der Waals surface area contributed by atoms with Crippen LogP contribution < -0.4 is 11.1 Å². The number of benzene rings is 1. The highest BCUT2D eigenvalue weighted by Crippen LogP contribution is 2.23. The smallest absolute Gasteiger partial charge is 0.408 e. The van der Waals surface area contributed by atoms with Crippen LogP contribution in [-0.4, -0.2) is 18.2 Å². The van der Waals surface area contributed by atoms with Crippen LogP contribution in [0.15, 0.2) is 22.7 Å². The van der Waals surface area contributed by atoms with Gasteiger partial charge in [0, 0.05) is 16.0 Å². The molecule has 1 rings (SSSR count). The number of alkyl carbamates (subject to hydrolysis) is 1. The van der Waals surface area contributed by atoms with Crippen molar-refractivity contribution in [3.63, 3.8) is 0 Å². The number of carbonyl (C=O) groups excluding carboxylic acids is 1. The third kappa shape index (κ3) is 5.80. The fourth-order valence-corrected chi connectivity index (χ4v) is 2.39. The van der Waals surface area contributed by atoms with Crippen molar-refractivity contribution in [2.24, 2.45) is 5.73 Å². The Morgan fingerprint density at radius 3 is 2.58 bits per heavy atom. The summed E-state index contributed by atoms with van der Waals surface area (Å²) in [4.78, 5) is 11.7. The summed E-state index contributed by atoms with van der Waals surface area (Å²) in [5.74, 6) is 0. The molecule has 0 bridgehead atoms. The highest BCUT2D eigenvalue weighted by Gasteiger charge is 2.20. The van der Waals surface area contributed by atoms with Gasteiger partial charge in [-0.25, -0.2) is 4.79 Å². The van der Waals surface area contributed by atoms with Gasteiger partial charge in [-0.1, -0.05) is 27.5 Å². The maximum atomic E-state index is 11.7. The van der Waals surface area contributed by atoms with Crippen LogP contribution in [0.25, 0.3) is 0 Å². The number of nitrogens with one attached hydrogen (secondary N) is 1. The number of hydrogen-bond donors (Lipinski definition) is 2. The topological polar surface area (TPSA) is 64.3 Å². The second-order valence-electron chi connectivity index (χ2n) is 5.14. The molecule has 1 aromatic carbocycles. The molecule has 4 nitrogen and oxygen atoms in total. The first-order chi connectivity index (χ1) is 8.71. The van der Waals surface area contributed by atoms with E-state index in [-0.39, 0.29) is 12.6 Å². The van der Waals surface area contributed by atoms with E-state index in [0.717, 1.165) is 10.0 Å².